The Morgan fingerprint density at radius 1 is 1.40 bits per heavy atom. The van der Waals surface area contributed by atoms with E-state index in [1.165, 1.54) is 0 Å². The summed E-state index contributed by atoms with van der Waals surface area (Å²) >= 11 is 0. The summed E-state index contributed by atoms with van der Waals surface area (Å²) in [5.41, 5.74) is 0. The Kier molecular flexibility index (Phi) is 8.14. The number of nitrogens with one attached hydrogen (secondary N) is 2. The standard InChI is InChI=1S/C17H32N6O2/c1-5-18-17(19-7-6-16-21-14(4)22-25-16)20-10-15-12-23(8-9-24-15)11-13(2)3/h13,15H,5-12H2,1-4H3,(H2,18,19,20). The van der Waals surface area contributed by atoms with Crippen LogP contribution in [0.4, 0.5) is 0 Å². The lowest BCUT2D eigenvalue weighted by molar-refractivity contribution is -0.0261. The van der Waals surface area contributed by atoms with Gasteiger partial charge in [-0.05, 0) is 19.8 Å². The molecule has 0 aliphatic carbocycles. The van der Waals surface area contributed by atoms with Gasteiger partial charge < -0.3 is 19.9 Å². The van der Waals surface area contributed by atoms with Crippen LogP contribution >= 0.6 is 0 Å². The molecule has 8 nitrogen and oxygen atoms in total. The Bertz CT molecular complexity index is 531. The van der Waals surface area contributed by atoms with E-state index in [9.17, 15) is 0 Å². The normalized spacial score (nSPS) is 19.4. The number of aliphatic imine (C=N–C) groups is 1. The van der Waals surface area contributed by atoms with Crippen molar-refractivity contribution in [3.8, 4) is 0 Å². The summed E-state index contributed by atoms with van der Waals surface area (Å²) in [5, 5.41) is 10.4. The minimum atomic E-state index is 0.154. The lowest BCUT2D eigenvalue weighted by Gasteiger charge is -2.33. The number of aryl methyl sites for hydroxylation is 1. The van der Waals surface area contributed by atoms with Gasteiger partial charge in [-0.2, -0.15) is 4.98 Å². The summed E-state index contributed by atoms with van der Waals surface area (Å²) in [6, 6.07) is 0. The van der Waals surface area contributed by atoms with Crippen molar-refractivity contribution >= 4 is 5.96 Å². The summed E-state index contributed by atoms with van der Waals surface area (Å²) in [6.45, 7) is 14.4. The second-order valence-electron chi connectivity index (χ2n) is 6.78. The van der Waals surface area contributed by atoms with Crippen molar-refractivity contribution in [3.63, 3.8) is 0 Å². The molecule has 1 aliphatic heterocycles. The molecular weight excluding hydrogens is 320 g/mol. The van der Waals surface area contributed by atoms with Crippen molar-refractivity contribution in [3.05, 3.63) is 11.7 Å². The Balaban J connectivity index is 1.77. The third kappa shape index (κ3) is 7.39. The first kappa shape index (κ1) is 19.7. The van der Waals surface area contributed by atoms with Crippen LogP contribution in [0.5, 0.6) is 0 Å². The first-order valence-corrected chi connectivity index (χ1v) is 9.22. The van der Waals surface area contributed by atoms with Gasteiger partial charge in [0.05, 0.1) is 19.3 Å². The second kappa shape index (κ2) is 10.4. The average molecular weight is 352 g/mol. The van der Waals surface area contributed by atoms with E-state index in [0.717, 1.165) is 38.7 Å². The fourth-order valence-electron chi connectivity index (χ4n) is 2.84. The molecule has 0 aromatic carbocycles. The van der Waals surface area contributed by atoms with Crippen LogP contribution in [0.2, 0.25) is 0 Å². The zero-order chi connectivity index (χ0) is 18.1. The number of nitrogens with zero attached hydrogens (tertiary/aromatic N) is 4. The van der Waals surface area contributed by atoms with Crippen molar-refractivity contribution in [1.82, 2.24) is 25.7 Å². The molecule has 2 heterocycles. The molecule has 1 aromatic heterocycles. The Hall–Kier alpha value is -1.67. The van der Waals surface area contributed by atoms with Crippen molar-refractivity contribution in [1.29, 1.82) is 0 Å². The Morgan fingerprint density at radius 2 is 2.24 bits per heavy atom. The predicted molar refractivity (Wildman–Crippen MR) is 97.7 cm³/mol. The minimum Gasteiger partial charge on any atom is -0.374 e. The van der Waals surface area contributed by atoms with E-state index in [-0.39, 0.29) is 6.10 Å². The van der Waals surface area contributed by atoms with Gasteiger partial charge in [0.25, 0.3) is 0 Å². The highest BCUT2D eigenvalue weighted by molar-refractivity contribution is 5.79. The number of morpholine rings is 1. The number of aromatic nitrogens is 2. The zero-order valence-corrected chi connectivity index (χ0v) is 15.9. The van der Waals surface area contributed by atoms with Gasteiger partial charge in [-0.3, -0.25) is 9.89 Å². The maximum atomic E-state index is 5.86. The summed E-state index contributed by atoms with van der Waals surface area (Å²) in [4.78, 5) is 11.3. The lowest BCUT2D eigenvalue weighted by Crippen LogP contribution is -2.46. The van der Waals surface area contributed by atoms with Crippen LogP contribution in [0.1, 0.15) is 32.5 Å². The monoisotopic (exact) mass is 352 g/mol. The van der Waals surface area contributed by atoms with E-state index in [4.69, 9.17) is 9.26 Å². The van der Waals surface area contributed by atoms with E-state index in [0.29, 0.717) is 37.1 Å². The molecule has 1 unspecified atom stereocenters. The van der Waals surface area contributed by atoms with Crippen LogP contribution in [0.15, 0.2) is 9.52 Å². The van der Waals surface area contributed by atoms with E-state index >= 15 is 0 Å². The summed E-state index contributed by atoms with van der Waals surface area (Å²) in [7, 11) is 0. The van der Waals surface area contributed by atoms with E-state index in [2.05, 4.69) is 51.4 Å². The van der Waals surface area contributed by atoms with Crippen molar-refractivity contribution < 1.29 is 9.26 Å². The third-order valence-electron chi connectivity index (χ3n) is 3.84. The lowest BCUT2D eigenvalue weighted by atomic mass is 10.2. The largest absolute Gasteiger partial charge is 0.374 e. The molecule has 1 aromatic rings. The molecule has 0 amide bonds. The number of guanidine groups is 1. The van der Waals surface area contributed by atoms with Crippen LogP contribution in [0.3, 0.4) is 0 Å². The molecule has 0 spiro atoms. The molecule has 2 rings (SSSR count). The van der Waals surface area contributed by atoms with Gasteiger partial charge in [0.1, 0.15) is 0 Å². The van der Waals surface area contributed by atoms with E-state index < -0.39 is 0 Å². The van der Waals surface area contributed by atoms with Crippen LogP contribution in [0.25, 0.3) is 0 Å². The van der Waals surface area contributed by atoms with Gasteiger partial charge in [0, 0.05) is 39.1 Å². The van der Waals surface area contributed by atoms with Crippen molar-refractivity contribution in [2.45, 2.75) is 40.2 Å². The van der Waals surface area contributed by atoms with Crippen LogP contribution in [0, 0.1) is 12.8 Å². The highest BCUT2D eigenvalue weighted by Gasteiger charge is 2.20. The molecule has 1 atom stereocenters. The highest BCUT2D eigenvalue weighted by Crippen LogP contribution is 2.08. The molecule has 1 saturated heterocycles. The number of hydrogen-bond donors (Lipinski definition) is 2. The molecule has 0 bridgehead atoms. The Morgan fingerprint density at radius 3 is 2.92 bits per heavy atom. The number of ether oxygens (including phenoxy) is 1. The smallest absolute Gasteiger partial charge is 0.228 e. The third-order valence-corrected chi connectivity index (χ3v) is 3.84. The van der Waals surface area contributed by atoms with Gasteiger partial charge in [0.15, 0.2) is 11.8 Å². The van der Waals surface area contributed by atoms with Crippen LogP contribution < -0.4 is 10.6 Å². The predicted octanol–water partition coefficient (Wildman–Crippen LogP) is 0.832. The van der Waals surface area contributed by atoms with Crippen molar-refractivity contribution in [2.75, 3.05) is 45.9 Å². The molecular formula is C17H32N6O2. The summed E-state index contributed by atoms with van der Waals surface area (Å²) in [5.74, 6) is 2.77. The molecule has 2 N–H and O–H groups in total. The van der Waals surface area contributed by atoms with Gasteiger partial charge in [-0.25, -0.2) is 0 Å². The van der Waals surface area contributed by atoms with Gasteiger partial charge >= 0.3 is 0 Å². The topological polar surface area (TPSA) is 87.8 Å². The van der Waals surface area contributed by atoms with Gasteiger partial charge in [-0.1, -0.05) is 19.0 Å². The fourth-order valence-corrected chi connectivity index (χ4v) is 2.84. The number of hydrogen-bond acceptors (Lipinski definition) is 6. The van der Waals surface area contributed by atoms with E-state index in [1.807, 2.05) is 6.92 Å². The molecule has 0 radical (unpaired) electrons. The first-order chi connectivity index (χ1) is 12.1. The van der Waals surface area contributed by atoms with Crippen molar-refractivity contribution in [2.24, 2.45) is 10.9 Å². The average Bonchev–Trinajstić information content (AvgIpc) is 2.98. The van der Waals surface area contributed by atoms with Crippen LogP contribution in [-0.4, -0.2) is 73.0 Å². The highest BCUT2D eigenvalue weighted by atomic mass is 16.5. The zero-order valence-electron chi connectivity index (χ0n) is 15.9. The SMILES string of the molecule is CCNC(=NCC1CN(CC(C)C)CCO1)NCCc1nc(C)no1. The van der Waals surface area contributed by atoms with Crippen LogP contribution in [-0.2, 0) is 11.2 Å². The van der Waals surface area contributed by atoms with Gasteiger partial charge in [0.2, 0.25) is 5.89 Å². The van der Waals surface area contributed by atoms with E-state index in [1.54, 1.807) is 0 Å². The second-order valence-corrected chi connectivity index (χ2v) is 6.78. The fraction of sp³-hybridized carbons (Fsp3) is 0.824. The molecule has 142 valence electrons. The molecule has 1 aliphatic rings. The maximum Gasteiger partial charge on any atom is 0.228 e. The van der Waals surface area contributed by atoms with Gasteiger partial charge in [-0.15, -0.1) is 0 Å². The molecule has 8 heteroatoms. The first-order valence-electron chi connectivity index (χ1n) is 9.22. The number of rotatable bonds is 8. The maximum absolute atomic E-state index is 5.86. The summed E-state index contributed by atoms with van der Waals surface area (Å²) < 4.78 is 11.0. The molecule has 0 saturated carbocycles. The quantitative estimate of drug-likeness (QED) is 0.529. The molecule has 1 fully saturated rings. The molecule has 25 heavy (non-hydrogen) atoms. The minimum absolute atomic E-state index is 0.154. The summed E-state index contributed by atoms with van der Waals surface area (Å²) in [6.07, 6.45) is 0.828. The Labute approximate surface area is 150 Å².